The minimum Gasteiger partial charge on any atom is -0.352 e. The lowest BCUT2D eigenvalue weighted by molar-refractivity contribution is -0.122. The van der Waals surface area contributed by atoms with Gasteiger partial charge in [-0.3, -0.25) is 4.79 Å². The van der Waals surface area contributed by atoms with Crippen LogP contribution in [0.3, 0.4) is 0 Å². The first-order valence-corrected chi connectivity index (χ1v) is 11.7. The number of aromatic nitrogens is 1. The molecule has 1 aliphatic carbocycles. The van der Waals surface area contributed by atoms with Crippen molar-refractivity contribution in [2.24, 2.45) is 0 Å². The average Bonchev–Trinajstić information content (AvgIpc) is 2.91. The summed E-state index contributed by atoms with van der Waals surface area (Å²) in [5, 5.41) is 3.78. The Balaban J connectivity index is 1.63. The van der Waals surface area contributed by atoms with E-state index in [2.05, 4.69) is 5.32 Å². The Bertz CT molecular complexity index is 1100. The van der Waals surface area contributed by atoms with Gasteiger partial charge in [0, 0.05) is 23.1 Å². The van der Waals surface area contributed by atoms with Gasteiger partial charge in [0.1, 0.15) is 6.54 Å². The van der Waals surface area contributed by atoms with E-state index >= 15 is 0 Å². The molecule has 1 aliphatic rings. The van der Waals surface area contributed by atoms with Gasteiger partial charge < -0.3 is 9.88 Å². The molecule has 1 saturated carbocycles. The van der Waals surface area contributed by atoms with E-state index in [-0.39, 0.29) is 28.3 Å². The third kappa shape index (κ3) is 4.22. The smallest absolute Gasteiger partial charge is 0.240 e. The van der Waals surface area contributed by atoms with Crippen LogP contribution in [0.15, 0.2) is 70.6 Å². The van der Waals surface area contributed by atoms with Gasteiger partial charge in [-0.05, 0) is 31.0 Å². The molecule has 0 aliphatic heterocycles. The van der Waals surface area contributed by atoms with Crippen LogP contribution >= 0.6 is 0 Å². The Morgan fingerprint density at radius 3 is 2.31 bits per heavy atom. The maximum absolute atomic E-state index is 13.2. The molecule has 0 unspecified atom stereocenters. The molecule has 6 heteroatoms. The third-order valence-corrected chi connectivity index (χ3v) is 7.43. The van der Waals surface area contributed by atoms with Crippen LogP contribution in [0.4, 0.5) is 0 Å². The third-order valence-electron chi connectivity index (χ3n) is 5.63. The summed E-state index contributed by atoms with van der Waals surface area (Å²) in [4.78, 5) is 13.2. The van der Waals surface area contributed by atoms with Crippen molar-refractivity contribution >= 4 is 26.6 Å². The minimum absolute atomic E-state index is 0.0682. The topological polar surface area (TPSA) is 68.2 Å². The first-order chi connectivity index (χ1) is 14.1. The Morgan fingerprint density at radius 2 is 1.59 bits per heavy atom. The molecule has 0 bridgehead atoms. The second kappa shape index (κ2) is 8.41. The van der Waals surface area contributed by atoms with Crippen LogP contribution < -0.4 is 5.32 Å². The normalized spacial score (nSPS) is 15.9. The summed E-state index contributed by atoms with van der Waals surface area (Å²) in [5.74, 6) is -0.0682. The maximum Gasteiger partial charge on any atom is 0.240 e. The van der Waals surface area contributed by atoms with Crippen molar-refractivity contribution in [3.05, 3.63) is 60.8 Å². The molecular weight excluding hydrogens is 384 g/mol. The van der Waals surface area contributed by atoms with Crippen LogP contribution in [0.1, 0.15) is 38.5 Å². The number of amides is 1. The first-order valence-electron chi connectivity index (χ1n) is 10.2. The van der Waals surface area contributed by atoms with Crippen molar-refractivity contribution in [1.82, 2.24) is 9.88 Å². The highest BCUT2D eigenvalue weighted by Gasteiger charge is 2.24. The molecule has 3 aromatic rings. The van der Waals surface area contributed by atoms with E-state index < -0.39 is 9.84 Å². The highest BCUT2D eigenvalue weighted by molar-refractivity contribution is 7.91. The Morgan fingerprint density at radius 1 is 0.931 bits per heavy atom. The zero-order chi connectivity index (χ0) is 20.3. The molecule has 29 heavy (non-hydrogen) atoms. The van der Waals surface area contributed by atoms with Gasteiger partial charge in [0.05, 0.1) is 9.79 Å². The fourth-order valence-corrected chi connectivity index (χ4v) is 5.63. The first kappa shape index (κ1) is 19.7. The van der Waals surface area contributed by atoms with Crippen LogP contribution in [0.2, 0.25) is 0 Å². The average molecular weight is 411 g/mol. The summed E-state index contributed by atoms with van der Waals surface area (Å²) in [6.45, 7) is 0.112. The van der Waals surface area contributed by atoms with E-state index in [0.717, 1.165) is 31.2 Å². The quantitative estimate of drug-likeness (QED) is 0.637. The molecule has 1 heterocycles. The van der Waals surface area contributed by atoms with Crippen LogP contribution in [-0.2, 0) is 21.2 Å². The molecule has 1 aromatic heterocycles. The lowest BCUT2D eigenvalue weighted by atomic mass is 10.1. The van der Waals surface area contributed by atoms with Crippen LogP contribution in [0.5, 0.6) is 0 Å². The molecule has 0 radical (unpaired) electrons. The fraction of sp³-hybridized carbons (Fsp3) is 0.348. The predicted molar refractivity (Wildman–Crippen MR) is 113 cm³/mol. The number of fused-ring (bicyclic) bond motifs is 1. The fourth-order valence-electron chi connectivity index (χ4n) is 4.14. The number of carbonyl (C=O) groups excluding carboxylic acids is 1. The van der Waals surface area contributed by atoms with Crippen molar-refractivity contribution in [3.63, 3.8) is 0 Å². The predicted octanol–water partition coefficient (Wildman–Crippen LogP) is 4.31. The number of rotatable bonds is 5. The summed E-state index contributed by atoms with van der Waals surface area (Å²) in [6, 6.07) is 16.0. The zero-order valence-electron chi connectivity index (χ0n) is 16.4. The van der Waals surface area contributed by atoms with Gasteiger partial charge in [0.15, 0.2) is 0 Å². The lowest BCUT2D eigenvalue weighted by Crippen LogP contribution is -2.36. The minimum atomic E-state index is -3.67. The SMILES string of the molecule is O=C(Cn1cc(S(=O)(=O)c2ccccc2)c2ccccc21)NC1CCCCCC1. The maximum atomic E-state index is 13.2. The molecule has 1 N–H and O–H groups in total. The van der Waals surface area contributed by atoms with E-state index in [0.29, 0.717) is 5.39 Å². The number of para-hydroxylation sites is 1. The summed E-state index contributed by atoms with van der Waals surface area (Å²) in [5.41, 5.74) is 0.748. The molecule has 0 atom stereocenters. The van der Waals surface area contributed by atoms with Crippen molar-refractivity contribution in [2.75, 3.05) is 0 Å². The van der Waals surface area contributed by atoms with Crippen molar-refractivity contribution in [2.45, 2.75) is 60.9 Å². The molecule has 4 rings (SSSR count). The van der Waals surface area contributed by atoms with E-state index in [4.69, 9.17) is 0 Å². The van der Waals surface area contributed by atoms with Gasteiger partial charge >= 0.3 is 0 Å². The van der Waals surface area contributed by atoms with Gasteiger partial charge in [0.25, 0.3) is 0 Å². The summed E-state index contributed by atoms with van der Waals surface area (Å²) in [7, 11) is -3.67. The monoisotopic (exact) mass is 410 g/mol. The van der Waals surface area contributed by atoms with E-state index in [9.17, 15) is 13.2 Å². The molecule has 1 fully saturated rings. The summed E-state index contributed by atoms with van der Waals surface area (Å²) < 4.78 is 28.1. The van der Waals surface area contributed by atoms with Crippen molar-refractivity contribution in [3.8, 4) is 0 Å². The lowest BCUT2D eigenvalue weighted by Gasteiger charge is -2.16. The second-order valence-electron chi connectivity index (χ2n) is 7.71. The molecule has 0 saturated heterocycles. The Kier molecular flexibility index (Phi) is 5.72. The van der Waals surface area contributed by atoms with Gasteiger partial charge in [-0.15, -0.1) is 0 Å². The standard InChI is InChI=1S/C23H26N2O3S/c26-23(24-18-10-4-1-2-5-11-18)17-25-16-22(20-14-8-9-15-21(20)25)29(27,28)19-12-6-3-7-13-19/h3,6-9,12-16,18H,1-2,4-5,10-11,17H2,(H,24,26). The highest BCUT2D eigenvalue weighted by Crippen LogP contribution is 2.30. The molecule has 1 amide bonds. The van der Waals surface area contributed by atoms with Gasteiger partial charge in [-0.1, -0.05) is 62.1 Å². The second-order valence-corrected chi connectivity index (χ2v) is 9.63. The van der Waals surface area contributed by atoms with E-state index in [1.807, 2.05) is 18.2 Å². The van der Waals surface area contributed by atoms with Crippen LogP contribution in [0.25, 0.3) is 10.9 Å². The zero-order valence-corrected chi connectivity index (χ0v) is 17.2. The number of hydrogen-bond acceptors (Lipinski definition) is 3. The number of nitrogens with zero attached hydrogens (tertiary/aromatic N) is 1. The molecular formula is C23H26N2O3S. The van der Waals surface area contributed by atoms with Gasteiger partial charge in [-0.2, -0.15) is 0 Å². The summed E-state index contributed by atoms with van der Waals surface area (Å²) >= 11 is 0. The van der Waals surface area contributed by atoms with Crippen LogP contribution in [0, 0.1) is 0 Å². The van der Waals surface area contributed by atoms with E-state index in [1.54, 1.807) is 47.2 Å². The number of hydrogen-bond donors (Lipinski definition) is 1. The van der Waals surface area contributed by atoms with Crippen LogP contribution in [-0.4, -0.2) is 24.9 Å². The Hall–Kier alpha value is -2.60. The number of carbonyl (C=O) groups is 1. The molecule has 0 spiro atoms. The highest BCUT2D eigenvalue weighted by atomic mass is 32.2. The van der Waals surface area contributed by atoms with Gasteiger partial charge in [0.2, 0.25) is 15.7 Å². The Labute approximate surface area is 171 Å². The number of nitrogens with one attached hydrogen (secondary N) is 1. The van der Waals surface area contributed by atoms with E-state index in [1.165, 1.54) is 12.8 Å². The molecule has 2 aromatic carbocycles. The molecule has 5 nitrogen and oxygen atoms in total. The largest absolute Gasteiger partial charge is 0.352 e. The molecule has 152 valence electrons. The van der Waals surface area contributed by atoms with Crippen molar-refractivity contribution in [1.29, 1.82) is 0 Å². The number of benzene rings is 2. The van der Waals surface area contributed by atoms with Gasteiger partial charge in [-0.25, -0.2) is 8.42 Å². The summed E-state index contributed by atoms with van der Waals surface area (Å²) in [6.07, 6.45) is 8.40. The number of sulfone groups is 1. The van der Waals surface area contributed by atoms with Crippen molar-refractivity contribution < 1.29 is 13.2 Å².